The molecule has 1 aromatic carbocycles. The van der Waals surface area contributed by atoms with Crippen LogP contribution in [0.5, 0.6) is 5.75 Å². The minimum absolute atomic E-state index is 0.112. The van der Waals surface area contributed by atoms with Gasteiger partial charge in [-0.2, -0.15) is 8.42 Å². The van der Waals surface area contributed by atoms with Gasteiger partial charge in [-0.25, -0.2) is 4.68 Å². The number of hydrogen-bond donors (Lipinski definition) is 3. The minimum atomic E-state index is -4.29. The molecular weight excluding hydrogens is 422 g/mol. The highest BCUT2D eigenvalue weighted by atomic mass is 32.2. The number of sulfonamides is 1. The lowest BCUT2D eigenvalue weighted by atomic mass is 10.1. The van der Waals surface area contributed by atoms with E-state index in [1.807, 2.05) is 13.8 Å². The van der Waals surface area contributed by atoms with Crippen LogP contribution in [-0.4, -0.2) is 34.5 Å². The van der Waals surface area contributed by atoms with Crippen molar-refractivity contribution in [3.8, 4) is 5.75 Å². The first-order valence-corrected chi connectivity index (χ1v) is 10.9. The molecule has 31 heavy (non-hydrogen) atoms. The zero-order valence-corrected chi connectivity index (χ0v) is 17.6. The summed E-state index contributed by atoms with van der Waals surface area (Å²) in [7, 11) is -4.29. The number of carbonyl (C=O) groups excluding carboxylic acids is 1. The van der Waals surface area contributed by atoms with Gasteiger partial charge in [0, 0.05) is 12.7 Å². The second kappa shape index (κ2) is 7.27. The molecule has 1 amide bonds. The van der Waals surface area contributed by atoms with Crippen LogP contribution in [0.4, 0.5) is 5.69 Å². The molecule has 1 aliphatic heterocycles. The van der Waals surface area contributed by atoms with Crippen LogP contribution < -0.4 is 16.6 Å². The fourth-order valence-electron chi connectivity index (χ4n) is 3.45. The first-order valence-electron chi connectivity index (χ1n) is 9.51. The van der Waals surface area contributed by atoms with Crippen molar-refractivity contribution < 1.29 is 18.3 Å². The summed E-state index contributed by atoms with van der Waals surface area (Å²) in [5, 5.41) is 13.5. The third-order valence-electron chi connectivity index (χ3n) is 5.03. The quantitative estimate of drug-likeness (QED) is 0.543. The van der Waals surface area contributed by atoms with Crippen LogP contribution in [0.25, 0.3) is 5.52 Å². The van der Waals surface area contributed by atoms with E-state index in [0.29, 0.717) is 24.4 Å². The number of aromatic nitrogens is 2. The summed E-state index contributed by atoms with van der Waals surface area (Å²) in [6, 6.07) is 8.20. The van der Waals surface area contributed by atoms with Gasteiger partial charge in [0.15, 0.2) is 11.6 Å². The molecule has 10 nitrogen and oxygen atoms in total. The van der Waals surface area contributed by atoms with Crippen LogP contribution in [0.1, 0.15) is 36.2 Å². The average molecular weight is 442 g/mol. The molecule has 2 aromatic heterocycles. The van der Waals surface area contributed by atoms with Gasteiger partial charge in [0.1, 0.15) is 16.0 Å². The molecule has 161 valence electrons. The first kappa shape index (κ1) is 20.7. The van der Waals surface area contributed by atoms with Gasteiger partial charge in [0.2, 0.25) is 0 Å². The van der Waals surface area contributed by atoms with Gasteiger partial charge >= 0.3 is 0 Å². The van der Waals surface area contributed by atoms with E-state index >= 15 is 0 Å². The maximum absolute atomic E-state index is 13.3. The number of fused-ring (bicyclic) bond motifs is 2. The van der Waals surface area contributed by atoms with Crippen molar-refractivity contribution in [2.24, 2.45) is 16.0 Å². The predicted molar refractivity (Wildman–Crippen MR) is 114 cm³/mol. The summed E-state index contributed by atoms with van der Waals surface area (Å²) in [4.78, 5) is 24.8. The number of nitrogens with zero attached hydrogens (tertiary/aromatic N) is 3. The van der Waals surface area contributed by atoms with Gasteiger partial charge in [-0.15, -0.1) is 4.40 Å². The fraction of sp³-hybridized carbons (Fsp3) is 0.250. The molecule has 0 spiro atoms. The first-order chi connectivity index (χ1) is 14.6. The normalized spacial score (nSPS) is 14.9. The van der Waals surface area contributed by atoms with Gasteiger partial charge < -0.3 is 16.2 Å². The van der Waals surface area contributed by atoms with Crippen molar-refractivity contribution in [1.82, 2.24) is 9.20 Å². The Kier molecular flexibility index (Phi) is 4.85. The number of benzene rings is 1. The molecule has 1 aliphatic rings. The summed E-state index contributed by atoms with van der Waals surface area (Å²) < 4.78 is 32.2. The maximum Gasteiger partial charge on any atom is 0.286 e. The smallest absolute Gasteiger partial charge is 0.286 e. The van der Waals surface area contributed by atoms with Crippen molar-refractivity contribution in [3.63, 3.8) is 0 Å². The summed E-state index contributed by atoms with van der Waals surface area (Å²) in [5.41, 5.74) is 4.50. The van der Waals surface area contributed by atoms with Crippen molar-refractivity contribution in [1.29, 1.82) is 0 Å². The number of amidine groups is 1. The molecule has 11 heteroatoms. The Morgan fingerprint density at radius 3 is 2.77 bits per heavy atom. The monoisotopic (exact) mass is 442 g/mol. The van der Waals surface area contributed by atoms with Crippen LogP contribution in [0.3, 0.4) is 0 Å². The molecule has 0 saturated carbocycles. The van der Waals surface area contributed by atoms with Gasteiger partial charge in [-0.05, 0) is 42.7 Å². The van der Waals surface area contributed by atoms with Crippen LogP contribution in [0.15, 0.2) is 44.6 Å². The highest BCUT2D eigenvalue weighted by Crippen LogP contribution is 2.33. The van der Waals surface area contributed by atoms with Crippen molar-refractivity contribution in [3.05, 3.63) is 58.0 Å². The van der Waals surface area contributed by atoms with Crippen molar-refractivity contribution in [2.45, 2.75) is 31.7 Å². The van der Waals surface area contributed by atoms with E-state index in [4.69, 9.17) is 5.73 Å². The van der Waals surface area contributed by atoms with Gasteiger partial charge in [0.05, 0.1) is 11.3 Å². The summed E-state index contributed by atoms with van der Waals surface area (Å²) in [6.45, 7) is 4.36. The van der Waals surface area contributed by atoms with E-state index < -0.39 is 27.2 Å². The Labute approximate surface area is 177 Å². The Bertz CT molecular complexity index is 1420. The molecule has 0 bridgehead atoms. The summed E-state index contributed by atoms with van der Waals surface area (Å²) >= 11 is 0. The Balaban J connectivity index is 1.97. The second-order valence-corrected chi connectivity index (χ2v) is 9.16. The number of anilines is 1. The molecule has 0 unspecified atom stereocenters. The molecular formula is C20H20N5O5S. The molecule has 0 saturated heterocycles. The molecule has 1 radical (unpaired) electrons. The lowest BCUT2D eigenvalue weighted by molar-refractivity contribution is 0.100. The third kappa shape index (κ3) is 3.36. The van der Waals surface area contributed by atoms with Crippen LogP contribution in [0, 0.1) is 12.0 Å². The Morgan fingerprint density at radius 1 is 1.35 bits per heavy atom. The minimum Gasteiger partial charge on any atom is -0.505 e. The van der Waals surface area contributed by atoms with E-state index in [0.717, 1.165) is 6.07 Å². The van der Waals surface area contributed by atoms with Crippen LogP contribution in [0.2, 0.25) is 0 Å². The Hall–Kier alpha value is -3.60. The lowest BCUT2D eigenvalue weighted by Gasteiger charge is -2.21. The number of amides is 1. The maximum atomic E-state index is 13.3. The van der Waals surface area contributed by atoms with E-state index in [2.05, 4.69) is 15.8 Å². The number of rotatable bonds is 5. The average Bonchev–Trinajstić information content (AvgIpc) is 3.16. The van der Waals surface area contributed by atoms with E-state index in [1.54, 1.807) is 18.3 Å². The molecule has 3 aromatic rings. The van der Waals surface area contributed by atoms with Crippen molar-refractivity contribution >= 4 is 33.0 Å². The van der Waals surface area contributed by atoms with E-state index in [9.17, 15) is 23.1 Å². The SMILES string of the molecule is CC(C)CCn1c(=O)c(C2=NS(=O)(=O)c3c[c]cc(C(N)=O)c3N2)c(O)c2cccn21. The number of aryl methyl sites for hydroxylation is 1. The van der Waals surface area contributed by atoms with Gasteiger partial charge in [-0.3, -0.25) is 14.1 Å². The summed E-state index contributed by atoms with van der Waals surface area (Å²) in [5.74, 6) is -1.38. The fourth-order valence-corrected chi connectivity index (χ4v) is 4.56. The van der Waals surface area contributed by atoms with Gasteiger partial charge in [0.25, 0.3) is 21.5 Å². The number of hydrogen-bond acceptors (Lipinski definition) is 6. The Morgan fingerprint density at radius 2 is 2.10 bits per heavy atom. The van der Waals surface area contributed by atoms with E-state index in [1.165, 1.54) is 15.3 Å². The standard InChI is InChI=1S/C20H20N5O5S/c1-11(2)8-10-25-20(28)15(17(26)13-6-4-9-24(13)25)19-22-16-12(18(21)27)5-3-7-14(16)31(29,30)23-19/h4-7,9,11,26H,8,10H2,1-2H3,(H2,21,27)(H,22,23). The molecule has 4 N–H and O–H groups in total. The number of aromatic hydroxyl groups is 1. The van der Waals surface area contributed by atoms with E-state index in [-0.39, 0.29) is 27.5 Å². The largest absolute Gasteiger partial charge is 0.505 e. The van der Waals surface area contributed by atoms with Crippen LogP contribution >= 0.6 is 0 Å². The van der Waals surface area contributed by atoms with Crippen LogP contribution in [-0.2, 0) is 16.6 Å². The molecule has 4 rings (SSSR count). The number of carbonyl (C=O) groups is 1. The zero-order chi connectivity index (χ0) is 22.5. The number of primary amides is 1. The zero-order valence-electron chi connectivity index (χ0n) is 16.8. The second-order valence-electron chi connectivity index (χ2n) is 7.58. The van der Waals surface area contributed by atoms with Crippen molar-refractivity contribution in [2.75, 3.05) is 5.32 Å². The lowest BCUT2D eigenvalue weighted by Crippen LogP contribution is -2.35. The number of nitrogens with two attached hydrogens (primary N) is 1. The molecule has 0 fully saturated rings. The highest BCUT2D eigenvalue weighted by molar-refractivity contribution is 7.90. The molecule has 0 aliphatic carbocycles. The molecule has 0 atom stereocenters. The molecule has 3 heterocycles. The predicted octanol–water partition coefficient (Wildman–Crippen LogP) is 1.31. The third-order valence-corrected chi connectivity index (χ3v) is 6.33. The summed E-state index contributed by atoms with van der Waals surface area (Å²) in [6.07, 6.45) is 2.31. The highest BCUT2D eigenvalue weighted by Gasteiger charge is 2.32. The van der Waals surface area contributed by atoms with Gasteiger partial charge in [-0.1, -0.05) is 13.8 Å². The topological polar surface area (TPSA) is 148 Å². The number of nitrogens with one attached hydrogen (secondary N) is 1.